The average molecular weight is 367 g/mol. The molecule has 0 saturated carbocycles. The number of anilines is 1. The number of hydrogen-bond acceptors (Lipinski definition) is 4. The molecule has 0 unspecified atom stereocenters. The number of nitrogens with one attached hydrogen (secondary N) is 1. The van der Waals surface area contributed by atoms with Crippen molar-refractivity contribution in [1.82, 2.24) is 0 Å². The molecule has 0 aliphatic carbocycles. The van der Waals surface area contributed by atoms with Gasteiger partial charge in [0.25, 0.3) is 0 Å². The van der Waals surface area contributed by atoms with Crippen LogP contribution in [0.3, 0.4) is 0 Å². The Bertz CT molecular complexity index is 775. The standard InChI is InChI=1S/C18H16F3NO4/c19-18(20,21)26-14-5-3-13(4-6-14)22-17(23)8-2-12-1-7-15-16(11-12)25-10-9-24-15/h1,3-7,11H,2,8-10H2,(H,22,23). The highest BCUT2D eigenvalue weighted by Gasteiger charge is 2.30. The molecule has 2 aromatic rings. The van der Waals surface area contributed by atoms with Crippen LogP contribution in [0.4, 0.5) is 18.9 Å². The Labute approximate surface area is 147 Å². The van der Waals surface area contributed by atoms with Gasteiger partial charge in [0, 0.05) is 12.1 Å². The van der Waals surface area contributed by atoms with Crippen LogP contribution in [0.25, 0.3) is 0 Å². The van der Waals surface area contributed by atoms with Crippen LogP contribution in [0.5, 0.6) is 17.2 Å². The summed E-state index contributed by atoms with van der Waals surface area (Å²) in [5, 5.41) is 2.63. The van der Waals surface area contributed by atoms with Gasteiger partial charge in [0.05, 0.1) is 0 Å². The van der Waals surface area contributed by atoms with Crippen molar-refractivity contribution in [2.75, 3.05) is 18.5 Å². The molecule has 5 nitrogen and oxygen atoms in total. The van der Waals surface area contributed by atoms with E-state index in [-0.39, 0.29) is 18.1 Å². The number of amides is 1. The summed E-state index contributed by atoms with van der Waals surface area (Å²) < 4.78 is 51.0. The molecule has 0 atom stereocenters. The van der Waals surface area contributed by atoms with Gasteiger partial charge in [-0.05, 0) is 48.4 Å². The van der Waals surface area contributed by atoms with Crippen LogP contribution in [0, 0.1) is 0 Å². The minimum atomic E-state index is -4.74. The summed E-state index contributed by atoms with van der Waals surface area (Å²) in [5.41, 5.74) is 1.32. The number of halogens is 3. The second-order valence-electron chi connectivity index (χ2n) is 5.60. The van der Waals surface area contributed by atoms with Gasteiger partial charge in [-0.1, -0.05) is 6.07 Å². The number of ether oxygens (including phenoxy) is 3. The number of aryl methyl sites for hydroxylation is 1. The lowest BCUT2D eigenvalue weighted by Crippen LogP contribution is -2.17. The Morgan fingerprint density at radius 2 is 1.73 bits per heavy atom. The van der Waals surface area contributed by atoms with Crippen molar-refractivity contribution >= 4 is 11.6 Å². The van der Waals surface area contributed by atoms with Crippen LogP contribution < -0.4 is 19.5 Å². The van der Waals surface area contributed by atoms with Crippen LogP contribution in [0.1, 0.15) is 12.0 Å². The molecule has 1 aliphatic heterocycles. The molecule has 0 aromatic heterocycles. The summed E-state index contributed by atoms with van der Waals surface area (Å²) >= 11 is 0. The van der Waals surface area contributed by atoms with E-state index in [2.05, 4.69) is 10.1 Å². The van der Waals surface area contributed by atoms with E-state index >= 15 is 0 Å². The minimum Gasteiger partial charge on any atom is -0.486 e. The van der Waals surface area contributed by atoms with Crippen LogP contribution in [-0.4, -0.2) is 25.5 Å². The average Bonchev–Trinajstić information content (AvgIpc) is 2.60. The maximum Gasteiger partial charge on any atom is 0.573 e. The molecule has 3 rings (SSSR count). The zero-order valence-corrected chi connectivity index (χ0v) is 13.6. The van der Waals surface area contributed by atoms with Gasteiger partial charge in [0.1, 0.15) is 19.0 Å². The normalized spacial score (nSPS) is 13.2. The SMILES string of the molecule is O=C(CCc1ccc2c(c1)OCCO2)Nc1ccc(OC(F)(F)F)cc1. The molecule has 2 aromatic carbocycles. The van der Waals surface area contributed by atoms with E-state index in [0.29, 0.717) is 36.8 Å². The Morgan fingerprint density at radius 1 is 1.04 bits per heavy atom. The second-order valence-corrected chi connectivity index (χ2v) is 5.60. The zero-order chi connectivity index (χ0) is 18.6. The molecule has 0 fully saturated rings. The third-order valence-electron chi connectivity index (χ3n) is 3.62. The Balaban J connectivity index is 1.51. The molecular weight excluding hydrogens is 351 g/mol. The quantitative estimate of drug-likeness (QED) is 0.870. The number of hydrogen-bond donors (Lipinski definition) is 1. The van der Waals surface area contributed by atoms with Gasteiger partial charge in [0.15, 0.2) is 11.5 Å². The summed E-state index contributed by atoms with van der Waals surface area (Å²) in [5.74, 6) is 0.760. The molecule has 0 spiro atoms. The second kappa shape index (κ2) is 7.55. The number of carbonyl (C=O) groups excluding carboxylic acids is 1. The van der Waals surface area contributed by atoms with Gasteiger partial charge in [-0.25, -0.2) is 0 Å². The molecule has 0 bridgehead atoms. The highest BCUT2D eigenvalue weighted by molar-refractivity contribution is 5.90. The van der Waals surface area contributed by atoms with E-state index in [0.717, 1.165) is 17.7 Å². The van der Waals surface area contributed by atoms with Crippen molar-refractivity contribution < 1.29 is 32.2 Å². The Hall–Kier alpha value is -2.90. The number of fused-ring (bicyclic) bond motifs is 1. The molecule has 0 radical (unpaired) electrons. The third-order valence-corrected chi connectivity index (χ3v) is 3.62. The van der Waals surface area contributed by atoms with E-state index in [4.69, 9.17) is 9.47 Å². The lowest BCUT2D eigenvalue weighted by molar-refractivity contribution is -0.274. The van der Waals surface area contributed by atoms with Gasteiger partial charge >= 0.3 is 6.36 Å². The first-order valence-electron chi connectivity index (χ1n) is 7.93. The fourth-order valence-corrected chi connectivity index (χ4v) is 2.46. The van der Waals surface area contributed by atoms with Gasteiger partial charge in [-0.15, -0.1) is 13.2 Å². The van der Waals surface area contributed by atoms with E-state index in [9.17, 15) is 18.0 Å². The van der Waals surface area contributed by atoms with Gasteiger partial charge in [-0.3, -0.25) is 4.79 Å². The molecule has 1 N–H and O–H groups in total. The van der Waals surface area contributed by atoms with Crippen molar-refractivity contribution in [2.45, 2.75) is 19.2 Å². The molecule has 138 valence electrons. The summed E-state index contributed by atoms with van der Waals surface area (Å²) in [7, 11) is 0. The van der Waals surface area contributed by atoms with E-state index in [1.165, 1.54) is 12.1 Å². The van der Waals surface area contributed by atoms with E-state index in [1.54, 1.807) is 6.07 Å². The lowest BCUT2D eigenvalue weighted by Gasteiger charge is -2.18. The summed E-state index contributed by atoms with van der Waals surface area (Å²) in [6.07, 6.45) is -4.02. The molecule has 1 aliphatic rings. The van der Waals surface area contributed by atoms with Crippen molar-refractivity contribution in [2.24, 2.45) is 0 Å². The maximum absolute atomic E-state index is 12.1. The number of alkyl halides is 3. The highest BCUT2D eigenvalue weighted by Crippen LogP contribution is 2.31. The van der Waals surface area contributed by atoms with Crippen LogP contribution >= 0.6 is 0 Å². The number of carbonyl (C=O) groups is 1. The molecule has 26 heavy (non-hydrogen) atoms. The van der Waals surface area contributed by atoms with Gasteiger partial charge < -0.3 is 19.5 Å². The van der Waals surface area contributed by atoms with Crippen molar-refractivity contribution in [1.29, 1.82) is 0 Å². The van der Waals surface area contributed by atoms with E-state index < -0.39 is 6.36 Å². The monoisotopic (exact) mass is 367 g/mol. The summed E-state index contributed by atoms with van der Waals surface area (Å²) in [6.45, 7) is 1.01. The molecule has 1 heterocycles. The van der Waals surface area contributed by atoms with Crippen LogP contribution in [0.2, 0.25) is 0 Å². The Morgan fingerprint density at radius 3 is 2.42 bits per heavy atom. The third kappa shape index (κ3) is 5.05. The predicted octanol–water partition coefficient (Wildman–Crippen LogP) is 3.93. The van der Waals surface area contributed by atoms with Crippen LogP contribution in [-0.2, 0) is 11.2 Å². The smallest absolute Gasteiger partial charge is 0.486 e. The number of benzene rings is 2. The first-order valence-corrected chi connectivity index (χ1v) is 7.93. The van der Waals surface area contributed by atoms with Crippen LogP contribution in [0.15, 0.2) is 42.5 Å². The number of rotatable bonds is 5. The predicted molar refractivity (Wildman–Crippen MR) is 87.5 cm³/mol. The van der Waals surface area contributed by atoms with Gasteiger partial charge in [0.2, 0.25) is 5.91 Å². The fourth-order valence-electron chi connectivity index (χ4n) is 2.46. The maximum atomic E-state index is 12.1. The van der Waals surface area contributed by atoms with Crippen molar-refractivity contribution in [3.8, 4) is 17.2 Å². The largest absolute Gasteiger partial charge is 0.573 e. The van der Waals surface area contributed by atoms with Crippen molar-refractivity contribution in [3.63, 3.8) is 0 Å². The van der Waals surface area contributed by atoms with E-state index in [1.807, 2.05) is 12.1 Å². The molecule has 0 saturated heterocycles. The highest BCUT2D eigenvalue weighted by atomic mass is 19.4. The fraction of sp³-hybridized carbons (Fsp3) is 0.278. The molecule has 8 heteroatoms. The first kappa shape index (κ1) is 17.9. The first-order chi connectivity index (χ1) is 12.4. The summed E-state index contributed by atoms with van der Waals surface area (Å²) in [6, 6.07) is 10.5. The topological polar surface area (TPSA) is 56.8 Å². The minimum absolute atomic E-state index is 0.223. The Kier molecular flexibility index (Phi) is 5.20. The molecular formula is C18H16F3NO4. The zero-order valence-electron chi connectivity index (χ0n) is 13.6. The lowest BCUT2D eigenvalue weighted by atomic mass is 10.1. The van der Waals surface area contributed by atoms with Crippen molar-refractivity contribution in [3.05, 3.63) is 48.0 Å². The molecule has 1 amide bonds. The van der Waals surface area contributed by atoms with Gasteiger partial charge in [-0.2, -0.15) is 0 Å². The summed E-state index contributed by atoms with van der Waals surface area (Å²) in [4.78, 5) is 12.0.